The number of nitrogens with zero attached hydrogens (tertiary/aromatic N) is 2. The predicted octanol–water partition coefficient (Wildman–Crippen LogP) is 0.857. The van der Waals surface area contributed by atoms with Gasteiger partial charge in [-0.3, -0.25) is 14.8 Å². The maximum atomic E-state index is 13.0. The molecule has 2 heterocycles. The minimum atomic E-state index is -3.64. The maximum Gasteiger partial charge on any atom is 0.228 e. The van der Waals surface area contributed by atoms with Gasteiger partial charge in [0.2, 0.25) is 15.9 Å². The van der Waals surface area contributed by atoms with Crippen LogP contribution in [0.4, 0.5) is 10.2 Å². The highest BCUT2D eigenvalue weighted by atomic mass is 32.2. The van der Waals surface area contributed by atoms with E-state index in [0.29, 0.717) is 16.9 Å². The Hall–Kier alpha value is -2.26. The van der Waals surface area contributed by atoms with Crippen LogP contribution in [-0.2, 0) is 14.8 Å². The second-order valence-corrected chi connectivity index (χ2v) is 7.20. The number of carbonyl (C=O) groups is 1. The van der Waals surface area contributed by atoms with Crippen LogP contribution in [0.5, 0.6) is 0 Å². The van der Waals surface area contributed by atoms with Crippen molar-refractivity contribution in [1.82, 2.24) is 10.2 Å². The van der Waals surface area contributed by atoms with Crippen LogP contribution in [0.2, 0.25) is 0 Å². The zero-order chi connectivity index (χ0) is 16.6. The van der Waals surface area contributed by atoms with E-state index in [0.717, 1.165) is 0 Å². The van der Waals surface area contributed by atoms with Gasteiger partial charge in [-0.1, -0.05) is 12.1 Å². The highest BCUT2D eigenvalue weighted by molar-refractivity contribution is 7.89. The van der Waals surface area contributed by atoms with Crippen molar-refractivity contribution >= 4 is 21.7 Å². The lowest BCUT2D eigenvalue weighted by Gasteiger charge is -2.16. The van der Waals surface area contributed by atoms with Crippen molar-refractivity contribution in [2.75, 3.05) is 17.2 Å². The Bertz CT molecular complexity index is 832. The van der Waals surface area contributed by atoms with Crippen molar-refractivity contribution in [3.8, 4) is 11.1 Å². The fourth-order valence-corrected chi connectivity index (χ4v) is 3.64. The van der Waals surface area contributed by atoms with E-state index in [-0.39, 0.29) is 36.4 Å². The average molecular weight is 338 g/mol. The molecule has 0 bridgehead atoms. The first-order valence-electron chi connectivity index (χ1n) is 6.93. The minimum absolute atomic E-state index is 0.109. The Morgan fingerprint density at radius 1 is 1.35 bits per heavy atom. The molecule has 1 aromatic carbocycles. The summed E-state index contributed by atoms with van der Waals surface area (Å²) in [7, 11) is -3.64. The van der Waals surface area contributed by atoms with E-state index in [4.69, 9.17) is 5.14 Å². The molecule has 1 fully saturated rings. The second-order valence-electron chi connectivity index (χ2n) is 5.54. The van der Waals surface area contributed by atoms with Gasteiger partial charge >= 0.3 is 0 Å². The number of amides is 1. The summed E-state index contributed by atoms with van der Waals surface area (Å²) in [6.45, 7) is 0.242. The summed E-state index contributed by atoms with van der Waals surface area (Å²) >= 11 is 0. The van der Waals surface area contributed by atoms with Gasteiger partial charge in [0.05, 0.1) is 11.9 Å². The molecule has 1 aromatic heterocycles. The summed E-state index contributed by atoms with van der Waals surface area (Å²) in [5.74, 6) is -0.689. The summed E-state index contributed by atoms with van der Waals surface area (Å²) < 4.78 is 35.4. The molecule has 9 heteroatoms. The molecule has 0 aliphatic carbocycles. The van der Waals surface area contributed by atoms with Gasteiger partial charge in [0, 0.05) is 24.4 Å². The third-order valence-corrected chi connectivity index (χ3v) is 4.65. The molecule has 1 atom stereocenters. The highest BCUT2D eigenvalue weighted by Gasteiger charge is 2.34. The zero-order valence-electron chi connectivity index (χ0n) is 12.1. The number of H-pyrrole nitrogens is 1. The van der Waals surface area contributed by atoms with Crippen molar-refractivity contribution in [3.63, 3.8) is 0 Å². The smallest absolute Gasteiger partial charge is 0.228 e. The first-order chi connectivity index (χ1) is 10.8. The van der Waals surface area contributed by atoms with Crippen LogP contribution in [0, 0.1) is 11.7 Å². The van der Waals surface area contributed by atoms with Crippen LogP contribution in [0.1, 0.15) is 6.42 Å². The molecule has 2 aromatic rings. The average Bonchev–Trinajstić information content (AvgIpc) is 3.04. The standard InChI is InChI=1S/C14H15FN4O3S/c15-11-3-1-10(2-4-11)12-6-17-18-14(12)19-7-9(5-13(19)20)8-23(16,21)22/h1-4,6,9H,5,7-8H2,(H,17,18)(H2,16,21,22). The minimum Gasteiger partial charge on any atom is -0.296 e. The molecule has 1 saturated heterocycles. The molecule has 1 aliphatic heterocycles. The quantitative estimate of drug-likeness (QED) is 0.861. The van der Waals surface area contributed by atoms with Gasteiger partial charge in [0.15, 0.2) is 0 Å². The van der Waals surface area contributed by atoms with Crippen molar-refractivity contribution < 1.29 is 17.6 Å². The Morgan fingerprint density at radius 2 is 2.04 bits per heavy atom. The predicted molar refractivity (Wildman–Crippen MR) is 82.4 cm³/mol. The molecule has 7 nitrogen and oxygen atoms in total. The monoisotopic (exact) mass is 338 g/mol. The molecule has 1 unspecified atom stereocenters. The fourth-order valence-electron chi connectivity index (χ4n) is 2.76. The van der Waals surface area contributed by atoms with E-state index >= 15 is 0 Å². The molecular formula is C14H15FN4O3S. The zero-order valence-corrected chi connectivity index (χ0v) is 12.9. The Morgan fingerprint density at radius 3 is 2.70 bits per heavy atom. The van der Waals surface area contributed by atoms with Gasteiger partial charge in [-0.15, -0.1) is 0 Å². The van der Waals surface area contributed by atoms with E-state index in [9.17, 15) is 17.6 Å². The first kappa shape index (κ1) is 15.6. The fraction of sp³-hybridized carbons (Fsp3) is 0.286. The molecule has 122 valence electrons. The second kappa shape index (κ2) is 5.74. The number of aromatic nitrogens is 2. The summed E-state index contributed by atoms with van der Waals surface area (Å²) in [5.41, 5.74) is 1.35. The normalized spacial score (nSPS) is 18.6. The van der Waals surface area contributed by atoms with Crippen molar-refractivity contribution in [1.29, 1.82) is 0 Å². The summed E-state index contributed by atoms with van der Waals surface area (Å²) in [5, 5.41) is 11.7. The number of hydrogen-bond acceptors (Lipinski definition) is 4. The van der Waals surface area contributed by atoms with Crippen LogP contribution >= 0.6 is 0 Å². The van der Waals surface area contributed by atoms with Crippen molar-refractivity contribution in [2.45, 2.75) is 6.42 Å². The molecular weight excluding hydrogens is 323 g/mol. The van der Waals surface area contributed by atoms with Crippen LogP contribution in [-0.4, -0.2) is 36.8 Å². The van der Waals surface area contributed by atoms with Gasteiger partial charge < -0.3 is 0 Å². The lowest BCUT2D eigenvalue weighted by atomic mass is 10.1. The number of hydrogen-bond donors (Lipinski definition) is 2. The molecule has 3 N–H and O–H groups in total. The molecule has 0 saturated carbocycles. The van der Waals surface area contributed by atoms with Gasteiger partial charge in [0.1, 0.15) is 11.6 Å². The summed E-state index contributed by atoms with van der Waals surface area (Å²) in [6.07, 6.45) is 1.65. The van der Waals surface area contributed by atoms with E-state index in [2.05, 4.69) is 10.2 Å². The SMILES string of the molecule is NS(=O)(=O)CC1CC(=O)N(c2[nH]ncc2-c2ccc(F)cc2)C1. The maximum absolute atomic E-state index is 13.0. The molecule has 3 rings (SSSR count). The van der Waals surface area contributed by atoms with Gasteiger partial charge in [0.25, 0.3) is 0 Å². The number of anilines is 1. The van der Waals surface area contributed by atoms with Crippen LogP contribution in [0.15, 0.2) is 30.5 Å². The molecule has 0 spiro atoms. The van der Waals surface area contributed by atoms with Gasteiger partial charge in [-0.05, 0) is 17.7 Å². The largest absolute Gasteiger partial charge is 0.296 e. The Balaban J connectivity index is 1.87. The van der Waals surface area contributed by atoms with Crippen molar-refractivity contribution in [2.24, 2.45) is 11.1 Å². The van der Waals surface area contributed by atoms with Crippen LogP contribution in [0.3, 0.4) is 0 Å². The summed E-state index contributed by atoms with van der Waals surface area (Å²) in [6, 6.07) is 5.82. The number of primary sulfonamides is 1. The van der Waals surface area contributed by atoms with Crippen molar-refractivity contribution in [3.05, 3.63) is 36.3 Å². The number of nitrogens with two attached hydrogens (primary N) is 1. The van der Waals surface area contributed by atoms with Crippen LogP contribution in [0.25, 0.3) is 11.1 Å². The van der Waals surface area contributed by atoms with Crippen LogP contribution < -0.4 is 10.0 Å². The number of benzene rings is 1. The molecule has 0 radical (unpaired) electrons. The van der Waals surface area contributed by atoms with Gasteiger partial charge in [-0.2, -0.15) is 5.10 Å². The van der Waals surface area contributed by atoms with E-state index < -0.39 is 10.0 Å². The van der Waals surface area contributed by atoms with E-state index in [1.54, 1.807) is 18.3 Å². The highest BCUT2D eigenvalue weighted by Crippen LogP contribution is 2.32. The first-order valence-corrected chi connectivity index (χ1v) is 8.65. The number of aromatic amines is 1. The molecule has 23 heavy (non-hydrogen) atoms. The number of rotatable bonds is 4. The third-order valence-electron chi connectivity index (χ3n) is 3.72. The van der Waals surface area contributed by atoms with E-state index in [1.807, 2.05) is 0 Å². The topological polar surface area (TPSA) is 109 Å². The van der Waals surface area contributed by atoms with Gasteiger partial charge in [-0.25, -0.2) is 17.9 Å². The lowest BCUT2D eigenvalue weighted by Crippen LogP contribution is -2.28. The number of carbonyl (C=O) groups excluding carboxylic acids is 1. The Labute approximate surface area is 132 Å². The third kappa shape index (κ3) is 3.40. The molecule has 1 amide bonds. The molecule has 1 aliphatic rings. The Kier molecular flexibility index (Phi) is 3.90. The number of nitrogens with one attached hydrogen (secondary N) is 1. The van der Waals surface area contributed by atoms with E-state index in [1.165, 1.54) is 17.0 Å². The number of halogens is 1. The summed E-state index contributed by atoms with van der Waals surface area (Å²) in [4.78, 5) is 13.6. The lowest BCUT2D eigenvalue weighted by molar-refractivity contribution is -0.117. The number of sulfonamides is 1.